The molecule has 2 aromatic carbocycles. The Labute approximate surface area is 162 Å². The number of hydrogen-bond donors (Lipinski definition) is 3. The predicted octanol–water partition coefficient (Wildman–Crippen LogP) is 4.18. The van der Waals surface area contributed by atoms with Crippen LogP contribution in [0.2, 0.25) is 5.02 Å². The van der Waals surface area contributed by atoms with Gasteiger partial charge >= 0.3 is 5.69 Å². The van der Waals surface area contributed by atoms with Crippen LogP contribution in [0.3, 0.4) is 0 Å². The Hall–Kier alpha value is -2.04. The lowest BCUT2D eigenvalue weighted by Gasteiger charge is -2.14. The molecule has 0 spiro atoms. The standard InChI is InChI=1S/C15H14BrClN2O6S/c1-2-3-8-4-9(16)5-13(14(8)20)26(24,25)18-11-6-10(17)7-12(15(11)21)19(22)23/h4-7,18,20-21H,2-3H2,1H3. The lowest BCUT2D eigenvalue weighted by atomic mass is 10.1. The van der Waals surface area contributed by atoms with Gasteiger partial charge in [0.15, 0.2) is 0 Å². The van der Waals surface area contributed by atoms with Gasteiger partial charge in [0.1, 0.15) is 10.6 Å². The van der Waals surface area contributed by atoms with Crippen molar-refractivity contribution < 1.29 is 23.6 Å². The van der Waals surface area contributed by atoms with Gasteiger partial charge in [-0.25, -0.2) is 8.42 Å². The zero-order valence-corrected chi connectivity index (χ0v) is 16.5. The first-order chi connectivity index (χ1) is 12.1. The van der Waals surface area contributed by atoms with Crippen molar-refractivity contribution >= 4 is 48.9 Å². The smallest absolute Gasteiger partial charge is 0.314 e. The second-order valence-corrected chi connectivity index (χ2v) is 8.35. The normalized spacial score (nSPS) is 11.3. The van der Waals surface area contributed by atoms with Gasteiger partial charge in [0.05, 0.1) is 10.6 Å². The molecule has 2 aromatic rings. The molecule has 11 heteroatoms. The van der Waals surface area contributed by atoms with Crippen LogP contribution >= 0.6 is 27.5 Å². The summed E-state index contributed by atoms with van der Waals surface area (Å²) in [4.78, 5) is 9.61. The minimum Gasteiger partial charge on any atom is -0.506 e. The lowest BCUT2D eigenvalue weighted by molar-refractivity contribution is -0.385. The second kappa shape index (κ2) is 7.68. The fourth-order valence-electron chi connectivity index (χ4n) is 2.29. The maximum Gasteiger partial charge on any atom is 0.314 e. The van der Waals surface area contributed by atoms with Gasteiger partial charge in [0.2, 0.25) is 5.75 Å². The van der Waals surface area contributed by atoms with Gasteiger partial charge in [-0.15, -0.1) is 0 Å². The third kappa shape index (κ3) is 4.19. The van der Waals surface area contributed by atoms with Crippen LogP contribution in [0.4, 0.5) is 11.4 Å². The number of phenols is 2. The maximum atomic E-state index is 12.7. The number of rotatable bonds is 6. The molecule has 0 radical (unpaired) electrons. The zero-order chi connectivity index (χ0) is 19.6. The van der Waals surface area contributed by atoms with Crippen molar-refractivity contribution in [2.75, 3.05) is 4.72 Å². The van der Waals surface area contributed by atoms with Gasteiger partial charge < -0.3 is 10.2 Å². The number of benzene rings is 2. The predicted molar refractivity (Wildman–Crippen MR) is 100 cm³/mol. The molecule has 0 aliphatic heterocycles. The number of nitrogens with zero attached hydrogens (tertiary/aromatic N) is 1. The molecular formula is C15H14BrClN2O6S. The van der Waals surface area contributed by atoms with E-state index in [1.807, 2.05) is 11.6 Å². The highest BCUT2D eigenvalue weighted by atomic mass is 79.9. The Morgan fingerprint density at radius 3 is 2.46 bits per heavy atom. The summed E-state index contributed by atoms with van der Waals surface area (Å²) in [5.41, 5.74) is -0.801. The third-order valence-corrected chi connectivity index (χ3v) is 5.48. The van der Waals surface area contributed by atoms with Gasteiger partial charge in [-0.3, -0.25) is 14.8 Å². The first-order valence-corrected chi connectivity index (χ1v) is 9.93. The quantitative estimate of drug-likeness (QED) is 0.333. The van der Waals surface area contributed by atoms with E-state index in [0.717, 1.165) is 12.1 Å². The summed E-state index contributed by atoms with van der Waals surface area (Å²) in [5.74, 6) is -1.31. The summed E-state index contributed by atoms with van der Waals surface area (Å²) >= 11 is 8.95. The minimum absolute atomic E-state index is 0.141. The fraction of sp³-hybridized carbons (Fsp3) is 0.200. The zero-order valence-electron chi connectivity index (χ0n) is 13.4. The molecular weight excluding hydrogens is 452 g/mol. The van der Waals surface area contributed by atoms with E-state index < -0.39 is 42.7 Å². The van der Waals surface area contributed by atoms with Crippen molar-refractivity contribution in [1.82, 2.24) is 0 Å². The second-order valence-electron chi connectivity index (χ2n) is 5.35. The molecule has 0 unspecified atom stereocenters. The van der Waals surface area contributed by atoms with Crippen molar-refractivity contribution in [3.05, 3.63) is 49.4 Å². The lowest BCUT2D eigenvalue weighted by Crippen LogP contribution is -2.14. The van der Waals surface area contributed by atoms with E-state index in [-0.39, 0.29) is 5.02 Å². The van der Waals surface area contributed by atoms with Crippen LogP contribution in [-0.4, -0.2) is 23.6 Å². The highest BCUT2D eigenvalue weighted by Gasteiger charge is 2.26. The van der Waals surface area contributed by atoms with E-state index >= 15 is 0 Å². The van der Waals surface area contributed by atoms with Crippen LogP contribution in [0.15, 0.2) is 33.6 Å². The van der Waals surface area contributed by atoms with Gasteiger partial charge in [0, 0.05) is 15.6 Å². The first-order valence-electron chi connectivity index (χ1n) is 7.28. The summed E-state index contributed by atoms with van der Waals surface area (Å²) < 4.78 is 27.8. The van der Waals surface area contributed by atoms with Crippen LogP contribution in [-0.2, 0) is 16.4 Å². The molecule has 0 aliphatic carbocycles. The molecule has 0 atom stereocenters. The highest BCUT2D eigenvalue weighted by molar-refractivity contribution is 9.10. The minimum atomic E-state index is -4.36. The Balaban J connectivity index is 2.56. The number of nitrogens with one attached hydrogen (secondary N) is 1. The maximum absolute atomic E-state index is 12.7. The average molecular weight is 466 g/mol. The number of aromatic hydroxyl groups is 2. The van der Waals surface area contributed by atoms with E-state index in [0.29, 0.717) is 22.9 Å². The number of anilines is 1. The topological polar surface area (TPSA) is 130 Å². The molecule has 0 amide bonds. The number of nitro benzene ring substituents is 1. The molecule has 0 saturated heterocycles. The molecule has 0 fully saturated rings. The Morgan fingerprint density at radius 1 is 1.23 bits per heavy atom. The SMILES string of the molecule is CCCc1cc(Br)cc(S(=O)(=O)Nc2cc(Cl)cc([N+](=O)[O-])c2O)c1O. The Kier molecular flexibility index (Phi) is 5.99. The van der Waals surface area contributed by atoms with Crippen molar-refractivity contribution in [3.63, 3.8) is 0 Å². The summed E-state index contributed by atoms with van der Waals surface area (Å²) in [7, 11) is -4.36. The molecule has 26 heavy (non-hydrogen) atoms. The van der Waals surface area contributed by atoms with E-state index in [1.54, 1.807) is 6.07 Å². The Bertz CT molecular complexity index is 981. The Morgan fingerprint density at radius 2 is 1.88 bits per heavy atom. The molecule has 0 aliphatic rings. The number of aryl methyl sites for hydroxylation is 1. The van der Waals surface area contributed by atoms with Crippen LogP contribution in [0.5, 0.6) is 11.5 Å². The molecule has 140 valence electrons. The number of phenolic OH excluding ortho intramolecular Hbond substituents is 2. The van der Waals surface area contributed by atoms with Crippen molar-refractivity contribution in [1.29, 1.82) is 0 Å². The van der Waals surface area contributed by atoms with Crippen LogP contribution in [0, 0.1) is 10.1 Å². The summed E-state index contributed by atoms with van der Waals surface area (Å²) in [6.07, 6.45) is 1.12. The van der Waals surface area contributed by atoms with Gasteiger partial charge in [-0.1, -0.05) is 40.9 Å². The van der Waals surface area contributed by atoms with Gasteiger partial charge in [-0.05, 0) is 30.2 Å². The van der Waals surface area contributed by atoms with Crippen molar-refractivity contribution in [3.8, 4) is 11.5 Å². The molecule has 2 rings (SSSR count). The van der Waals surface area contributed by atoms with Crippen LogP contribution in [0.25, 0.3) is 0 Å². The van der Waals surface area contributed by atoms with Crippen LogP contribution < -0.4 is 4.72 Å². The van der Waals surface area contributed by atoms with E-state index in [4.69, 9.17) is 11.6 Å². The highest BCUT2D eigenvalue weighted by Crippen LogP contribution is 2.39. The summed E-state index contributed by atoms with van der Waals surface area (Å²) in [6.45, 7) is 1.87. The van der Waals surface area contributed by atoms with Crippen LogP contribution in [0.1, 0.15) is 18.9 Å². The average Bonchev–Trinajstić information content (AvgIpc) is 2.53. The molecule has 3 N–H and O–H groups in total. The number of hydrogen-bond acceptors (Lipinski definition) is 6. The molecule has 0 saturated carbocycles. The van der Waals surface area contributed by atoms with Gasteiger partial charge in [0.25, 0.3) is 10.0 Å². The number of nitro groups is 1. The summed E-state index contributed by atoms with van der Waals surface area (Å²) in [6, 6.07) is 4.71. The molecule has 0 aromatic heterocycles. The van der Waals surface area contributed by atoms with E-state index in [1.165, 1.54) is 6.07 Å². The number of halogens is 2. The number of sulfonamides is 1. The van der Waals surface area contributed by atoms with E-state index in [2.05, 4.69) is 15.9 Å². The third-order valence-electron chi connectivity index (χ3n) is 3.42. The monoisotopic (exact) mass is 464 g/mol. The molecule has 8 nitrogen and oxygen atoms in total. The van der Waals surface area contributed by atoms with Gasteiger partial charge in [-0.2, -0.15) is 0 Å². The largest absolute Gasteiger partial charge is 0.506 e. The van der Waals surface area contributed by atoms with E-state index in [9.17, 15) is 28.7 Å². The molecule has 0 heterocycles. The first kappa shape index (κ1) is 20.3. The van der Waals surface area contributed by atoms with Crippen molar-refractivity contribution in [2.24, 2.45) is 0 Å². The molecule has 0 bridgehead atoms. The van der Waals surface area contributed by atoms with Crippen molar-refractivity contribution in [2.45, 2.75) is 24.7 Å². The fourth-order valence-corrected chi connectivity index (χ4v) is 4.39. The summed E-state index contributed by atoms with van der Waals surface area (Å²) in [5, 5.41) is 31.0.